The van der Waals surface area contributed by atoms with Gasteiger partial charge in [0.05, 0.1) is 5.69 Å². The lowest BCUT2D eigenvalue weighted by molar-refractivity contribution is -0.140. The molecule has 196 valence electrons. The van der Waals surface area contributed by atoms with E-state index in [-0.39, 0.29) is 18.9 Å². The molecule has 0 unspecified atom stereocenters. The number of amides is 2. The summed E-state index contributed by atoms with van der Waals surface area (Å²) in [5.41, 5.74) is 2.09. The molecule has 9 heteroatoms. The minimum absolute atomic E-state index is 0.152. The molecule has 8 nitrogen and oxygen atoms in total. The first kappa shape index (κ1) is 27.9. The van der Waals surface area contributed by atoms with E-state index in [0.717, 1.165) is 19.7 Å². The third kappa shape index (κ3) is 7.41. The molecule has 0 aliphatic rings. The van der Waals surface area contributed by atoms with Crippen molar-refractivity contribution in [1.82, 2.24) is 14.5 Å². The molecule has 3 aromatic carbocycles. The highest BCUT2D eigenvalue weighted by molar-refractivity contribution is 7.90. The molecule has 0 aromatic heterocycles. The number of nitrogens with zero attached hydrogens (tertiary/aromatic N) is 3. The topological polar surface area (TPSA) is 90.0 Å². The lowest BCUT2D eigenvalue weighted by Gasteiger charge is -2.34. The number of likely N-dealkylation sites (N-methyl/N-ethyl adjacent to an activating group) is 1. The van der Waals surface area contributed by atoms with Gasteiger partial charge in [0, 0.05) is 33.6 Å². The van der Waals surface area contributed by atoms with Gasteiger partial charge in [0.1, 0.15) is 12.6 Å². The Labute approximate surface area is 219 Å². The van der Waals surface area contributed by atoms with E-state index in [0.29, 0.717) is 12.2 Å². The number of hydrogen-bond donors (Lipinski definition) is 1. The van der Waals surface area contributed by atoms with Gasteiger partial charge in [-0.2, -0.15) is 12.7 Å². The minimum Gasteiger partial charge on any atom is -0.355 e. The van der Waals surface area contributed by atoms with Gasteiger partial charge in [-0.25, -0.2) is 4.31 Å². The summed E-state index contributed by atoms with van der Waals surface area (Å²) in [6.07, 6.45) is 0.289. The lowest BCUT2D eigenvalue weighted by atomic mass is 10.0. The Hall–Kier alpha value is -3.69. The summed E-state index contributed by atoms with van der Waals surface area (Å²) in [4.78, 5) is 28.7. The zero-order valence-corrected chi connectivity index (χ0v) is 22.3. The number of benzene rings is 3. The number of nitrogens with one attached hydrogen (secondary N) is 1. The van der Waals surface area contributed by atoms with Crippen LogP contribution in [0.5, 0.6) is 0 Å². The predicted octanol–water partition coefficient (Wildman–Crippen LogP) is 3.08. The van der Waals surface area contributed by atoms with Gasteiger partial charge in [0.2, 0.25) is 11.8 Å². The fourth-order valence-electron chi connectivity index (χ4n) is 3.94. The number of rotatable bonds is 12. The first-order chi connectivity index (χ1) is 17.7. The average molecular weight is 523 g/mol. The van der Waals surface area contributed by atoms with Gasteiger partial charge in [0.15, 0.2) is 0 Å². The summed E-state index contributed by atoms with van der Waals surface area (Å²) >= 11 is 0. The van der Waals surface area contributed by atoms with E-state index in [4.69, 9.17) is 0 Å². The maximum absolute atomic E-state index is 14.0. The summed E-state index contributed by atoms with van der Waals surface area (Å²) < 4.78 is 28.6. The highest BCUT2D eigenvalue weighted by Gasteiger charge is 2.34. The molecule has 37 heavy (non-hydrogen) atoms. The van der Waals surface area contributed by atoms with Crippen molar-refractivity contribution >= 4 is 27.7 Å². The molecule has 3 rings (SSSR count). The van der Waals surface area contributed by atoms with E-state index < -0.39 is 28.7 Å². The van der Waals surface area contributed by atoms with Crippen molar-refractivity contribution in [3.8, 4) is 0 Å². The number of carbonyl (C=O) groups excluding carboxylic acids is 2. The van der Waals surface area contributed by atoms with Crippen LogP contribution in [0, 0.1) is 0 Å². The Balaban J connectivity index is 2.04. The van der Waals surface area contributed by atoms with E-state index in [1.54, 1.807) is 30.3 Å². The molecular formula is C28H34N4O4S. The molecule has 0 radical (unpaired) electrons. The van der Waals surface area contributed by atoms with Gasteiger partial charge in [-0.3, -0.25) is 9.59 Å². The van der Waals surface area contributed by atoms with Crippen molar-refractivity contribution in [2.45, 2.75) is 25.9 Å². The molecule has 1 atom stereocenters. The van der Waals surface area contributed by atoms with Crippen molar-refractivity contribution < 1.29 is 18.0 Å². The van der Waals surface area contributed by atoms with E-state index in [1.807, 2.05) is 67.6 Å². The van der Waals surface area contributed by atoms with Crippen LogP contribution in [0.4, 0.5) is 5.69 Å². The Morgan fingerprint density at radius 1 is 0.811 bits per heavy atom. The van der Waals surface area contributed by atoms with Crippen LogP contribution in [-0.2, 0) is 32.8 Å². The number of carbonyl (C=O) groups is 2. The maximum Gasteiger partial charge on any atom is 0.304 e. The van der Waals surface area contributed by atoms with Gasteiger partial charge >= 0.3 is 10.2 Å². The fourth-order valence-corrected chi connectivity index (χ4v) is 4.99. The minimum atomic E-state index is -3.99. The first-order valence-electron chi connectivity index (χ1n) is 12.1. The Morgan fingerprint density at radius 3 is 1.84 bits per heavy atom. The van der Waals surface area contributed by atoms with Crippen molar-refractivity contribution in [2.75, 3.05) is 31.5 Å². The summed E-state index contributed by atoms with van der Waals surface area (Å²) in [7, 11) is -1.15. The molecule has 0 fully saturated rings. The van der Waals surface area contributed by atoms with Gasteiger partial charge in [-0.15, -0.1) is 0 Å². The van der Waals surface area contributed by atoms with E-state index >= 15 is 0 Å². The average Bonchev–Trinajstić information content (AvgIpc) is 2.90. The first-order valence-corrected chi connectivity index (χ1v) is 13.5. The van der Waals surface area contributed by atoms with Crippen LogP contribution >= 0.6 is 0 Å². The zero-order valence-electron chi connectivity index (χ0n) is 21.4. The Bertz CT molecular complexity index is 1250. The number of hydrogen-bond acceptors (Lipinski definition) is 4. The normalized spacial score (nSPS) is 12.1. The number of para-hydroxylation sites is 1. The van der Waals surface area contributed by atoms with Crippen LogP contribution in [0.15, 0.2) is 91.0 Å². The molecule has 0 spiro atoms. The lowest BCUT2D eigenvalue weighted by Crippen LogP contribution is -2.54. The van der Waals surface area contributed by atoms with Crippen molar-refractivity contribution in [3.63, 3.8) is 0 Å². The Morgan fingerprint density at radius 2 is 1.32 bits per heavy atom. The van der Waals surface area contributed by atoms with Crippen molar-refractivity contribution in [2.24, 2.45) is 0 Å². The quantitative estimate of drug-likeness (QED) is 0.396. The second-order valence-corrected chi connectivity index (χ2v) is 10.8. The summed E-state index contributed by atoms with van der Waals surface area (Å²) in [5.74, 6) is -0.775. The summed E-state index contributed by atoms with van der Waals surface area (Å²) in [6, 6.07) is 26.5. The molecule has 1 N–H and O–H groups in total. The summed E-state index contributed by atoms with van der Waals surface area (Å²) in [5, 5.41) is 2.85. The number of anilines is 1. The standard InChI is InChI=1S/C28H34N4O4S/c1-4-29-28(34)26(20-23-14-8-5-9-15-23)31(21-24-16-10-6-11-17-24)27(33)22-32(37(35,36)30(2)3)25-18-12-7-13-19-25/h5-19,26H,4,20-22H2,1-3H3,(H,29,34)/t26-/m0/s1. The highest BCUT2D eigenvalue weighted by Crippen LogP contribution is 2.21. The molecular weight excluding hydrogens is 488 g/mol. The van der Waals surface area contributed by atoms with Crippen molar-refractivity contribution in [3.05, 3.63) is 102 Å². The second-order valence-electron chi connectivity index (χ2n) is 8.74. The van der Waals surface area contributed by atoms with Crippen LogP contribution in [0.1, 0.15) is 18.1 Å². The van der Waals surface area contributed by atoms with Crippen LogP contribution in [0.25, 0.3) is 0 Å². The fraction of sp³-hybridized carbons (Fsp3) is 0.286. The molecule has 3 aromatic rings. The van der Waals surface area contributed by atoms with Crippen LogP contribution in [0.3, 0.4) is 0 Å². The predicted molar refractivity (Wildman–Crippen MR) is 146 cm³/mol. The second kappa shape index (κ2) is 13.0. The Kier molecular flexibility index (Phi) is 9.82. The van der Waals surface area contributed by atoms with E-state index in [1.165, 1.54) is 19.0 Å². The smallest absolute Gasteiger partial charge is 0.304 e. The maximum atomic E-state index is 14.0. The molecule has 0 aliphatic heterocycles. The SMILES string of the molecule is CCNC(=O)[C@H](Cc1ccccc1)N(Cc1ccccc1)C(=O)CN(c1ccccc1)S(=O)(=O)N(C)C. The van der Waals surface area contributed by atoms with E-state index in [2.05, 4.69) is 5.32 Å². The van der Waals surface area contributed by atoms with Gasteiger partial charge < -0.3 is 10.2 Å². The van der Waals surface area contributed by atoms with Gasteiger partial charge in [-0.1, -0.05) is 78.9 Å². The third-order valence-corrected chi connectivity index (χ3v) is 7.70. The molecule has 0 heterocycles. The molecule has 0 saturated carbocycles. The molecule has 0 aliphatic carbocycles. The van der Waals surface area contributed by atoms with Crippen LogP contribution in [-0.4, -0.2) is 62.7 Å². The van der Waals surface area contributed by atoms with Crippen LogP contribution < -0.4 is 9.62 Å². The van der Waals surface area contributed by atoms with Crippen LogP contribution in [0.2, 0.25) is 0 Å². The zero-order chi connectivity index (χ0) is 26.8. The molecule has 0 bridgehead atoms. The highest BCUT2D eigenvalue weighted by atomic mass is 32.2. The molecule has 2 amide bonds. The monoisotopic (exact) mass is 522 g/mol. The van der Waals surface area contributed by atoms with Crippen molar-refractivity contribution in [1.29, 1.82) is 0 Å². The third-order valence-electron chi connectivity index (χ3n) is 5.88. The van der Waals surface area contributed by atoms with E-state index in [9.17, 15) is 18.0 Å². The molecule has 0 saturated heterocycles. The largest absolute Gasteiger partial charge is 0.355 e. The van der Waals surface area contributed by atoms with Gasteiger partial charge in [0.25, 0.3) is 0 Å². The van der Waals surface area contributed by atoms with Gasteiger partial charge in [-0.05, 0) is 30.2 Å². The summed E-state index contributed by atoms with van der Waals surface area (Å²) in [6.45, 7) is 1.92.